The maximum absolute atomic E-state index is 12.3. The van der Waals surface area contributed by atoms with Crippen LogP contribution < -0.4 is 0 Å². The molecule has 1 aromatic carbocycles. The van der Waals surface area contributed by atoms with Gasteiger partial charge < -0.3 is 5.11 Å². The fourth-order valence-electron chi connectivity index (χ4n) is 4.22. The van der Waals surface area contributed by atoms with Gasteiger partial charge in [-0.1, -0.05) is 35.5 Å². The lowest BCUT2D eigenvalue weighted by atomic mass is 9.86. The van der Waals surface area contributed by atoms with Gasteiger partial charge >= 0.3 is 0 Å². The molecule has 8 nitrogen and oxygen atoms in total. The summed E-state index contributed by atoms with van der Waals surface area (Å²) in [7, 11) is -3.16. The van der Waals surface area contributed by atoms with Gasteiger partial charge in [-0.25, -0.2) is 13.1 Å². The summed E-state index contributed by atoms with van der Waals surface area (Å²) in [6.45, 7) is 5.96. The van der Waals surface area contributed by atoms with Crippen molar-refractivity contribution in [3.8, 4) is 0 Å². The Balaban J connectivity index is 1.35. The van der Waals surface area contributed by atoms with Crippen molar-refractivity contribution < 1.29 is 13.5 Å². The monoisotopic (exact) mass is 469 g/mol. The van der Waals surface area contributed by atoms with Crippen LogP contribution >= 0.6 is 0 Å². The SMILES string of the molecule is CC(C)S(=O)(=O)Cc1cccc([C@@H]2CCN(Cc3cn(Cc4ccccn4)nn3)C[C@@H]2O)c1. The number of pyridine rings is 1. The van der Waals surface area contributed by atoms with Crippen molar-refractivity contribution in [2.75, 3.05) is 13.1 Å². The van der Waals surface area contributed by atoms with Crippen LogP contribution in [0.15, 0.2) is 54.9 Å². The Kier molecular flexibility index (Phi) is 7.21. The van der Waals surface area contributed by atoms with Gasteiger partial charge in [0.1, 0.15) is 0 Å². The van der Waals surface area contributed by atoms with Crippen molar-refractivity contribution in [1.82, 2.24) is 24.9 Å². The summed E-state index contributed by atoms with van der Waals surface area (Å²) in [5.74, 6) is 0.0181. The first-order valence-corrected chi connectivity index (χ1v) is 13.0. The van der Waals surface area contributed by atoms with Gasteiger partial charge in [-0.2, -0.15) is 0 Å². The molecule has 3 heterocycles. The molecule has 0 bridgehead atoms. The molecule has 9 heteroatoms. The van der Waals surface area contributed by atoms with E-state index < -0.39 is 21.2 Å². The highest BCUT2D eigenvalue weighted by Crippen LogP contribution is 2.30. The lowest BCUT2D eigenvalue weighted by Gasteiger charge is -2.36. The maximum atomic E-state index is 12.3. The predicted molar refractivity (Wildman–Crippen MR) is 126 cm³/mol. The minimum atomic E-state index is -3.16. The average molecular weight is 470 g/mol. The number of nitrogens with zero attached hydrogens (tertiary/aromatic N) is 5. The zero-order valence-electron chi connectivity index (χ0n) is 19.1. The van der Waals surface area contributed by atoms with Crippen LogP contribution in [0.25, 0.3) is 0 Å². The van der Waals surface area contributed by atoms with E-state index in [-0.39, 0.29) is 11.7 Å². The second-order valence-electron chi connectivity index (χ2n) is 9.03. The first-order valence-electron chi connectivity index (χ1n) is 11.3. The Morgan fingerprint density at radius 2 is 1.97 bits per heavy atom. The zero-order chi connectivity index (χ0) is 23.4. The van der Waals surface area contributed by atoms with Crippen molar-refractivity contribution in [3.05, 3.63) is 77.4 Å². The molecule has 0 radical (unpaired) electrons. The molecule has 1 aliphatic rings. The van der Waals surface area contributed by atoms with E-state index in [1.165, 1.54) is 0 Å². The van der Waals surface area contributed by atoms with Crippen LogP contribution in [0, 0.1) is 0 Å². The number of benzene rings is 1. The highest BCUT2D eigenvalue weighted by Gasteiger charge is 2.29. The molecule has 4 rings (SSSR count). The predicted octanol–water partition coefficient (Wildman–Crippen LogP) is 2.40. The molecule has 3 aromatic rings. The number of aliphatic hydroxyl groups is 1. The van der Waals surface area contributed by atoms with E-state index in [4.69, 9.17) is 0 Å². The van der Waals surface area contributed by atoms with Crippen LogP contribution in [0.1, 0.15) is 48.7 Å². The highest BCUT2D eigenvalue weighted by atomic mass is 32.2. The minimum Gasteiger partial charge on any atom is -0.391 e. The molecule has 0 amide bonds. The Morgan fingerprint density at radius 3 is 2.70 bits per heavy atom. The van der Waals surface area contributed by atoms with Gasteiger partial charge in [0.2, 0.25) is 0 Å². The number of rotatable bonds is 8. The fraction of sp³-hybridized carbons (Fsp3) is 0.458. The van der Waals surface area contributed by atoms with Crippen LogP contribution in [0.4, 0.5) is 0 Å². The van der Waals surface area contributed by atoms with Gasteiger partial charge in [0.25, 0.3) is 0 Å². The average Bonchev–Trinajstić information content (AvgIpc) is 3.21. The number of hydrogen-bond acceptors (Lipinski definition) is 7. The van der Waals surface area contributed by atoms with Crippen LogP contribution in [0.5, 0.6) is 0 Å². The molecule has 2 atom stereocenters. The first-order chi connectivity index (χ1) is 15.8. The van der Waals surface area contributed by atoms with Crippen LogP contribution in [-0.2, 0) is 28.7 Å². The lowest BCUT2D eigenvalue weighted by Crippen LogP contribution is -2.42. The quantitative estimate of drug-likeness (QED) is 0.541. The van der Waals surface area contributed by atoms with E-state index in [1.807, 2.05) is 48.7 Å². The largest absolute Gasteiger partial charge is 0.391 e. The van der Waals surface area contributed by atoms with Crippen molar-refractivity contribution in [1.29, 1.82) is 0 Å². The summed E-state index contributed by atoms with van der Waals surface area (Å²) < 4.78 is 26.4. The first kappa shape index (κ1) is 23.5. The Labute approximate surface area is 195 Å². The van der Waals surface area contributed by atoms with Gasteiger partial charge in [-0.05, 0) is 50.1 Å². The van der Waals surface area contributed by atoms with Crippen molar-refractivity contribution in [3.63, 3.8) is 0 Å². The van der Waals surface area contributed by atoms with Crippen LogP contribution in [0.3, 0.4) is 0 Å². The standard InChI is InChI=1S/C24H31N5O3S/c1-18(2)33(31,32)17-19-6-5-7-20(12-19)23-9-11-28(16-24(23)30)13-22-15-29(27-26-22)14-21-8-3-4-10-25-21/h3-8,10,12,15,18,23-24,30H,9,11,13-14,16-17H2,1-2H3/t23-,24-/m0/s1. The second kappa shape index (κ2) is 10.1. The Hall–Kier alpha value is -2.62. The zero-order valence-corrected chi connectivity index (χ0v) is 19.9. The summed E-state index contributed by atoms with van der Waals surface area (Å²) in [4.78, 5) is 6.50. The number of aromatic nitrogens is 4. The van der Waals surface area contributed by atoms with E-state index in [1.54, 1.807) is 24.7 Å². The Morgan fingerprint density at radius 1 is 1.12 bits per heavy atom. The smallest absolute Gasteiger partial charge is 0.156 e. The van der Waals surface area contributed by atoms with Crippen LogP contribution in [-0.4, -0.2) is 62.8 Å². The molecule has 2 aromatic heterocycles. The van der Waals surface area contributed by atoms with Crippen molar-refractivity contribution >= 4 is 9.84 Å². The lowest BCUT2D eigenvalue weighted by molar-refractivity contribution is 0.0471. The highest BCUT2D eigenvalue weighted by molar-refractivity contribution is 7.91. The van der Waals surface area contributed by atoms with E-state index in [9.17, 15) is 13.5 Å². The molecule has 176 valence electrons. The van der Waals surface area contributed by atoms with Gasteiger partial charge in [0.15, 0.2) is 9.84 Å². The molecule has 33 heavy (non-hydrogen) atoms. The summed E-state index contributed by atoms with van der Waals surface area (Å²) in [5, 5.41) is 18.9. The van der Waals surface area contributed by atoms with Crippen LogP contribution in [0.2, 0.25) is 0 Å². The number of sulfone groups is 1. The van der Waals surface area contributed by atoms with Crippen molar-refractivity contribution in [2.24, 2.45) is 0 Å². The fourth-order valence-corrected chi connectivity index (χ4v) is 5.19. The van der Waals surface area contributed by atoms with Gasteiger partial charge in [0, 0.05) is 25.2 Å². The van der Waals surface area contributed by atoms with Crippen molar-refractivity contribution in [2.45, 2.75) is 56.4 Å². The molecule has 0 aliphatic carbocycles. The molecule has 0 unspecified atom stereocenters. The molecule has 0 saturated carbocycles. The van der Waals surface area contributed by atoms with E-state index in [0.717, 1.165) is 35.5 Å². The van der Waals surface area contributed by atoms with Gasteiger partial charge in [-0.3, -0.25) is 9.88 Å². The molecule has 1 N–H and O–H groups in total. The summed E-state index contributed by atoms with van der Waals surface area (Å²) in [5.41, 5.74) is 3.56. The molecular weight excluding hydrogens is 438 g/mol. The summed E-state index contributed by atoms with van der Waals surface area (Å²) in [6, 6.07) is 13.4. The number of piperidine rings is 1. The molecule has 1 fully saturated rings. The maximum Gasteiger partial charge on any atom is 0.156 e. The number of β-amino-alcohol motifs (C(OH)–C–C–N with tert-alkyl or cyclic N) is 1. The van der Waals surface area contributed by atoms with Gasteiger partial charge in [0.05, 0.1) is 41.2 Å². The third-order valence-corrected chi connectivity index (χ3v) is 8.33. The number of likely N-dealkylation sites (tertiary alicyclic amines) is 1. The topological polar surface area (TPSA) is 101 Å². The molecular formula is C24H31N5O3S. The summed E-state index contributed by atoms with van der Waals surface area (Å²) in [6.07, 6.45) is 3.95. The summed E-state index contributed by atoms with van der Waals surface area (Å²) >= 11 is 0. The number of hydrogen-bond donors (Lipinski definition) is 1. The van der Waals surface area contributed by atoms with E-state index >= 15 is 0 Å². The second-order valence-corrected chi connectivity index (χ2v) is 11.6. The van der Waals surface area contributed by atoms with E-state index in [2.05, 4.69) is 20.2 Å². The number of aliphatic hydroxyl groups excluding tert-OH is 1. The molecule has 0 spiro atoms. The molecule has 1 aliphatic heterocycles. The minimum absolute atomic E-state index is 0.0113. The third kappa shape index (κ3) is 6.04. The van der Waals surface area contributed by atoms with E-state index in [0.29, 0.717) is 19.6 Å². The Bertz CT molecular complexity index is 1160. The normalized spacial score (nSPS) is 19.8. The third-order valence-electron chi connectivity index (χ3n) is 6.15. The van der Waals surface area contributed by atoms with Gasteiger partial charge in [-0.15, -0.1) is 5.10 Å². The molecule has 1 saturated heterocycles.